The predicted molar refractivity (Wildman–Crippen MR) is 77.6 cm³/mol. The van der Waals surface area contributed by atoms with Crippen LogP contribution < -0.4 is 10.9 Å². The number of H-pyrrole nitrogens is 1. The number of benzene rings is 1. The molecule has 2 aromatic rings. The molecule has 2 N–H and O–H groups in total. The molecule has 0 fully saturated rings. The highest BCUT2D eigenvalue weighted by atomic mass is 19.1. The topological polar surface area (TPSA) is 57.8 Å². The standard InChI is InChI=1S/C15H18FN3O/c1-3-13-18-14(9-15(20)19-13)17-7-6-11-4-5-12(16)8-10(11)2/h4-5,8-9H,3,6-7H2,1-2H3,(H2,17,18,19,20). The zero-order valence-corrected chi connectivity index (χ0v) is 11.7. The van der Waals surface area contributed by atoms with Crippen molar-refractivity contribution < 1.29 is 4.39 Å². The van der Waals surface area contributed by atoms with Gasteiger partial charge in [0.1, 0.15) is 17.5 Å². The van der Waals surface area contributed by atoms with Crippen molar-refractivity contribution in [1.29, 1.82) is 0 Å². The molecule has 0 saturated carbocycles. The molecule has 0 radical (unpaired) electrons. The summed E-state index contributed by atoms with van der Waals surface area (Å²) < 4.78 is 13.0. The largest absolute Gasteiger partial charge is 0.370 e. The number of aryl methyl sites for hydroxylation is 2. The van der Waals surface area contributed by atoms with Crippen LogP contribution in [0, 0.1) is 12.7 Å². The Labute approximate surface area is 117 Å². The first-order chi connectivity index (χ1) is 9.58. The summed E-state index contributed by atoms with van der Waals surface area (Å²) in [6, 6.07) is 6.21. The van der Waals surface area contributed by atoms with Gasteiger partial charge < -0.3 is 10.3 Å². The second kappa shape index (κ2) is 6.32. The van der Waals surface area contributed by atoms with Gasteiger partial charge in [0.25, 0.3) is 5.56 Å². The Balaban J connectivity index is 1.99. The van der Waals surface area contributed by atoms with E-state index in [-0.39, 0.29) is 11.4 Å². The molecule has 5 heteroatoms. The first-order valence-electron chi connectivity index (χ1n) is 6.67. The van der Waals surface area contributed by atoms with Crippen molar-refractivity contribution in [2.75, 3.05) is 11.9 Å². The van der Waals surface area contributed by atoms with Gasteiger partial charge in [-0.05, 0) is 36.6 Å². The maximum atomic E-state index is 13.0. The Hall–Kier alpha value is -2.17. The second-order valence-electron chi connectivity index (χ2n) is 4.68. The van der Waals surface area contributed by atoms with Crippen LogP contribution in [0.5, 0.6) is 0 Å². The van der Waals surface area contributed by atoms with Crippen molar-refractivity contribution >= 4 is 5.82 Å². The van der Waals surface area contributed by atoms with Crippen LogP contribution in [0.1, 0.15) is 23.9 Å². The fourth-order valence-corrected chi connectivity index (χ4v) is 2.03. The third-order valence-corrected chi connectivity index (χ3v) is 3.13. The van der Waals surface area contributed by atoms with Crippen molar-refractivity contribution in [3.8, 4) is 0 Å². The zero-order chi connectivity index (χ0) is 14.5. The van der Waals surface area contributed by atoms with Crippen LogP contribution in [0.25, 0.3) is 0 Å². The van der Waals surface area contributed by atoms with E-state index in [1.54, 1.807) is 6.07 Å². The smallest absolute Gasteiger partial charge is 0.252 e. The van der Waals surface area contributed by atoms with Crippen molar-refractivity contribution in [2.45, 2.75) is 26.7 Å². The lowest BCUT2D eigenvalue weighted by atomic mass is 10.1. The normalized spacial score (nSPS) is 10.6. The van der Waals surface area contributed by atoms with Crippen molar-refractivity contribution in [1.82, 2.24) is 9.97 Å². The fraction of sp³-hybridized carbons (Fsp3) is 0.333. The zero-order valence-electron chi connectivity index (χ0n) is 11.7. The number of nitrogens with one attached hydrogen (secondary N) is 2. The van der Waals surface area contributed by atoms with E-state index in [4.69, 9.17) is 0 Å². The van der Waals surface area contributed by atoms with Crippen LogP contribution in [-0.2, 0) is 12.8 Å². The van der Waals surface area contributed by atoms with Gasteiger partial charge in [-0.2, -0.15) is 0 Å². The number of hydrogen-bond acceptors (Lipinski definition) is 3. The van der Waals surface area contributed by atoms with Gasteiger partial charge in [-0.1, -0.05) is 13.0 Å². The van der Waals surface area contributed by atoms with Gasteiger partial charge in [0, 0.05) is 19.0 Å². The van der Waals surface area contributed by atoms with Crippen LogP contribution in [0.2, 0.25) is 0 Å². The highest BCUT2D eigenvalue weighted by molar-refractivity contribution is 5.34. The lowest BCUT2D eigenvalue weighted by Gasteiger charge is -2.08. The minimum atomic E-state index is -0.219. The summed E-state index contributed by atoms with van der Waals surface area (Å²) in [6.45, 7) is 4.47. The Morgan fingerprint density at radius 2 is 2.15 bits per heavy atom. The summed E-state index contributed by atoms with van der Waals surface area (Å²) in [7, 11) is 0. The monoisotopic (exact) mass is 275 g/mol. The van der Waals surface area contributed by atoms with E-state index in [9.17, 15) is 9.18 Å². The Morgan fingerprint density at radius 3 is 2.85 bits per heavy atom. The molecule has 0 saturated heterocycles. The van der Waals surface area contributed by atoms with Crippen LogP contribution >= 0.6 is 0 Å². The molecule has 0 aliphatic carbocycles. The van der Waals surface area contributed by atoms with E-state index in [1.165, 1.54) is 18.2 Å². The number of aromatic amines is 1. The molecule has 0 amide bonds. The number of anilines is 1. The molecule has 1 aromatic carbocycles. The summed E-state index contributed by atoms with van der Waals surface area (Å²) in [5.74, 6) is 1.02. The third kappa shape index (κ3) is 3.66. The number of aromatic nitrogens is 2. The van der Waals surface area contributed by atoms with Gasteiger partial charge in [0.2, 0.25) is 0 Å². The van der Waals surface area contributed by atoms with E-state index in [0.29, 0.717) is 24.6 Å². The Kier molecular flexibility index (Phi) is 4.50. The van der Waals surface area contributed by atoms with Crippen molar-refractivity contribution in [3.05, 3.63) is 57.4 Å². The molecule has 20 heavy (non-hydrogen) atoms. The van der Waals surface area contributed by atoms with Gasteiger partial charge in [0.05, 0.1) is 0 Å². The van der Waals surface area contributed by atoms with E-state index >= 15 is 0 Å². The van der Waals surface area contributed by atoms with E-state index in [1.807, 2.05) is 13.8 Å². The molecule has 1 aromatic heterocycles. The third-order valence-electron chi connectivity index (χ3n) is 3.13. The maximum Gasteiger partial charge on any atom is 0.252 e. The molecule has 1 heterocycles. The summed E-state index contributed by atoms with van der Waals surface area (Å²) in [5, 5.41) is 3.13. The second-order valence-corrected chi connectivity index (χ2v) is 4.68. The van der Waals surface area contributed by atoms with Gasteiger partial charge in [0.15, 0.2) is 0 Å². The Morgan fingerprint density at radius 1 is 1.35 bits per heavy atom. The van der Waals surface area contributed by atoms with E-state index in [0.717, 1.165) is 17.5 Å². The molecule has 2 rings (SSSR count). The molecule has 106 valence electrons. The van der Waals surface area contributed by atoms with Gasteiger partial charge in [-0.25, -0.2) is 9.37 Å². The number of hydrogen-bond donors (Lipinski definition) is 2. The highest BCUT2D eigenvalue weighted by Gasteiger charge is 2.02. The van der Waals surface area contributed by atoms with Gasteiger partial charge in [-0.15, -0.1) is 0 Å². The number of halogens is 1. The molecule has 0 atom stereocenters. The molecular formula is C15H18FN3O. The molecule has 0 aliphatic rings. The summed E-state index contributed by atoms with van der Waals surface area (Å²) in [5.41, 5.74) is 1.86. The van der Waals surface area contributed by atoms with Crippen LogP contribution in [0.15, 0.2) is 29.1 Å². The fourth-order valence-electron chi connectivity index (χ4n) is 2.03. The first kappa shape index (κ1) is 14.2. The van der Waals surface area contributed by atoms with E-state index in [2.05, 4.69) is 15.3 Å². The molecular weight excluding hydrogens is 257 g/mol. The van der Waals surface area contributed by atoms with Crippen LogP contribution in [0.3, 0.4) is 0 Å². The molecule has 0 unspecified atom stereocenters. The minimum absolute atomic E-state index is 0.155. The van der Waals surface area contributed by atoms with Crippen LogP contribution in [-0.4, -0.2) is 16.5 Å². The minimum Gasteiger partial charge on any atom is -0.370 e. The van der Waals surface area contributed by atoms with Crippen molar-refractivity contribution in [2.24, 2.45) is 0 Å². The number of nitrogens with zero attached hydrogens (tertiary/aromatic N) is 1. The lowest BCUT2D eigenvalue weighted by Crippen LogP contribution is -2.15. The van der Waals surface area contributed by atoms with E-state index < -0.39 is 0 Å². The molecule has 0 aliphatic heterocycles. The average Bonchev–Trinajstić information content (AvgIpc) is 2.40. The Bertz CT molecular complexity index is 652. The van der Waals surface area contributed by atoms with Gasteiger partial charge >= 0.3 is 0 Å². The van der Waals surface area contributed by atoms with Crippen molar-refractivity contribution in [3.63, 3.8) is 0 Å². The molecule has 4 nitrogen and oxygen atoms in total. The summed E-state index contributed by atoms with van der Waals surface area (Å²) in [6.07, 6.45) is 1.43. The number of rotatable bonds is 5. The SMILES string of the molecule is CCc1nc(NCCc2ccc(F)cc2C)cc(=O)[nH]1. The average molecular weight is 275 g/mol. The highest BCUT2D eigenvalue weighted by Crippen LogP contribution is 2.11. The lowest BCUT2D eigenvalue weighted by molar-refractivity contribution is 0.625. The quantitative estimate of drug-likeness (QED) is 0.881. The molecule has 0 bridgehead atoms. The van der Waals surface area contributed by atoms with Crippen LogP contribution in [0.4, 0.5) is 10.2 Å². The first-order valence-corrected chi connectivity index (χ1v) is 6.67. The molecule has 0 spiro atoms. The maximum absolute atomic E-state index is 13.0. The van der Waals surface area contributed by atoms with Gasteiger partial charge in [-0.3, -0.25) is 4.79 Å². The predicted octanol–water partition coefficient (Wildman–Crippen LogP) is 2.43. The summed E-state index contributed by atoms with van der Waals surface area (Å²) >= 11 is 0. The summed E-state index contributed by atoms with van der Waals surface area (Å²) in [4.78, 5) is 18.4.